The normalized spacial score (nSPS) is 14.6. The summed E-state index contributed by atoms with van der Waals surface area (Å²) >= 11 is 0. The topological polar surface area (TPSA) is 119 Å². The molecule has 1 aliphatic heterocycles. The number of rotatable bonds is 5. The summed E-state index contributed by atoms with van der Waals surface area (Å²) in [7, 11) is 1.55. The Bertz CT molecular complexity index is 1370. The second-order valence-corrected chi connectivity index (χ2v) is 7.37. The van der Waals surface area contributed by atoms with Crippen LogP contribution in [0.15, 0.2) is 59.4 Å². The van der Waals surface area contributed by atoms with Crippen LogP contribution < -0.4 is 20.5 Å². The van der Waals surface area contributed by atoms with Crippen LogP contribution in [0.5, 0.6) is 11.6 Å². The standard InChI is InChI=1S/C23H19N5O4/c1-31-20-9-7-17(27-28-20)13-6-8-19-14(10-13)11-15(32-19)12-24-22(29)21-16-4-2-3-5-18(16)25-23(30)26-21/h2-10,15H,11-12H2,1H3,(H,24,29)(H,25,26,30). The number of H-pyrrole nitrogens is 1. The lowest BCUT2D eigenvalue weighted by Crippen LogP contribution is -2.35. The third-order valence-electron chi connectivity index (χ3n) is 5.29. The first-order chi connectivity index (χ1) is 15.6. The maximum Gasteiger partial charge on any atom is 0.346 e. The second kappa shape index (κ2) is 8.10. The van der Waals surface area contributed by atoms with Crippen molar-refractivity contribution in [1.29, 1.82) is 0 Å². The molecule has 32 heavy (non-hydrogen) atoms. The molecule has 1 atom stereocenters. The van der Waals surface area contributed by atoms with Crippen LogP contribution in [0, 0.1) is 0 Å². The molecule has 1 unspecified atom stereocenters. The molecule has 5 rings (SSSR count). The van der Waals surface area contributed by atoms with Crippen molar-refractivity contribution in [3.63, 3.8) is 0 Å². The van der Waals surface area contributed by atoms with E-state index in [1.165, 1.54) is 0 Å². The molecule has 0 spiro atoms. The van der Waals surface area contributed by atoms with Crippen molar-refractivity contribution >= 4 is 16.8 Å². The number of aromatic nitrogens is 4. The molecule has 2 N–H and O–H groups in total. The highest BCUT2D eigenvalue weighted by Crippen LogP contribution is 2.32. The van der Waals surface area contributed by atoms with Crippen LogP contribution >= 0.6 is 0 Å². The summed E-state index contributed by atoms with van der Waals surface area (Å²) < 4.78 is 11.0. The van der Waals surface area contributed by atoms with Crippen molar-refractivity contribution in [2.45, 2.75) is 12.5 Å². The Morgan fingerprint density at radius 3 is 2.88 bits per heavy atom. The number of hydrogen-bond donors (Lipinski definition) is 2. The van der Waals surface area contributed by atoms with E-state index in [0.29, 0.717) is 23.2 Å². The molecule has 2 aromatic heterocycles. The molecule has 0 bridgehead atoms. The highest BCUT2D eigenvalue weighted by Gasteiger charge is 2.25. The summed E-state index contributed by atoms with van der Waals surface area (Å²) in [6.45, 7) is 0.286. The molecule has 0 aliphatic carbocycles. The van der Waals surface area contributed by atoms with Gasteiger partial charge < -0.3 is 19.8 Å². The van der Waals surface area contributed by atoms with E-state index < -0.39 is 11.6 Å². The molecule has 0 saturated heterocycles. The fourth-order valence-corrected chi connectivity index (χ4v) is 3.74. The summed E-state index contributed by atoms with van der Waals surface area (Å²) in [5.41, 5.74) is 2.78. The molecule has 0 saturated carbocycles. The van der Waals surface area contributed by atoms with Crippen molar-refractivity contribution in [3.05, 3.63) is 76.3 Å². The first-order valence-electron chi connectivity index (χ1n) is 10.1. The molecule has 0 radical (unpaired) electrons. The summed E-state index contributed by atoms with van der Waals surface area (Å²) in [6.07, 6.45) is 0.413. The number of ether oxygens (including phenoxy) is 2. The Morgan fingerprint density at radius 1 is 1.19 bits per heavy atom. The van der Waals surface area contributed by atoms with Gasteiger partial charge in [0, 0.05) is 23.4 Å². The van der Waals surface area contributed by atoms with Gasteiger partial charge in [-0.05, 0) is 35.9 Å². The second-order valence-electron chi connectivity index (χ2n) is 7.37. The summed E-state index contributed by atoms with van der Waals surface area (Å²) in [5, 5.41) is 11.6. The van der Waals surface area contributed by atoms with E-state index in [-0.39, 0.29) is 18.3 Å². The zero-order valence-electron chi connectivity index (χ0n) is 17.2. The van der Waals surface area contributed by atoms with Gasteiger partial charge in [-0.15, -0.1) is 10.2 Å². The summed E-state index contributed by atoms with van der Waals surface area (Å²) in [6, 6.07) is 16.5. The first kappa shape index (κ1) is 19.7. The molecule has 9 nitrogen and oxygen atoms in total. The van der Waals surface area contributed by atoms with Gasteiger partial charge in [0.15, 0.2) is 0 Å². The number of methoxy groups -OCH3 is 1. The van der Waals surface area contributed by atoms with Crippen molar-refractivity contribution in [3.8, 4) is 22.9 Å². The molecule has 160 valence electrons. The molecule has 9 heteroatoms. The number of carbonyl (C=O) groups excluding carboxylic acids is 1. The lowest BCUT2D eigenvalue weighted by molar-refractivity contribution is 0.0930. The SMILES string of the molecule is COc1ccc(-c2ccc3c(c2)CC(CNC(=O)c2nc(=O)[nH]c4ccccc24)O3)nn1. The maximum absolute atomic E-state index is 12.7. The Hall–Kier alpha value is -4.27. The Labute approximate surface area is 182 Å². The van der Waals surface area contributed by atoms with Gasteiger partial charge in [-0.1, -0.05) is 18.2 Å². The van der Waals surface area contributed by atoms with Crippen molar-refractivity contribution in [2.75, 3.05) is 13.7 Å². The van der Waals surface area contributed by atoms with Crippen molar-refractivity contribution < 1.29 is 14.3 Å². The van der Waals surface area contributed by atoms with Crippen molar-refractivity contribution in [2.24, 2.45) is 0 Å². The van der Waals surface area contributed by atoms with Gasteiger partial charge >= 0.3 is 5.69 Å². The number of fused-ring (bicyclic) bond motifs is 2. The number of amides is 1. The zero-order valence-corrected chi connectivity index (χ0v) is 17.2. The number of para-hydroxylation sites is 1. The summed E-state index contributed by atoms with van der Waals surface area (Å²) in [5.74, 6) is 0.812. The lowest BCUT2D eigenvalue weighted by Gasteiger charge is -2.12. The van der Waals surface area contributed by atoms with Gasteiger partial charge in [-0.2, -0.15) is 4.98 Å². The molecule has 1 amide bonds. The average molecular weight is 429 g/mol. The van der Waals surface area contributed by atoms with Crippen LogP contribution in [-0.2, 0) is 6.42 Å². The zero-order chi connectivity index (χ0) is 22.1. The third-order valence-corrected chi connectivity index (χ3v) is 5.29. The molecule has 0 fully saturated rings. The number of aromatic amines is 1. The molecule has 2 aromatic carbocycles. The third kappa shape index (κ3) is 3.76. The minimum absolute atomic E-state index is 0.0974. The molecule has 1 aliphatic rings. The highest BCUT2D eigenvalue weighted by molar-refractivity contribution is 6.04. The summed E-state index contributed by atoms with van der Waals surface area (Å²) in [4.78, 5) is 31.0. The number of carbonyl (C=O) groups is 1. The van der Waals surface area contributed by atoms with Crippen LogP contribution in [0.3, 0.4) is 0 Å². The first-order valence-corrected chi connectivity index (χ1v) is 10.1. The van der Waals surface area contributed by atoms with E-state index in [4.69, 9.17) is 9.47 Å². The minimum Gasteiger partial charge on any atom is -0.488 e. The Kier molecular flexibility index (Phi) is 4.98. The van der Waals surface area contributed by atoms with Gasteiger partial charge in [-0.25, -0.2) is 4.79 Å². The largest absolute Gasteiger partial charge is 0.488 e. The Balaban J connectivity index is 1.28. The smallest absolute Gasteiger partial charge is 0.346 e. The quantitative estimate of drug-likeness (QED) is 0.499. The monoisotopic (exact) mass is 429 g/mol. The molecular formula is C23H19N5O4. The number of nitrogens with one attached hydrogen (secondary N) is 2. The fraction of sp³-hybridized carbons (Fsp3) is 0.174. The average Bonchev–Trinajstić information content (AvgIpc) is 3.24. The van der Waals surface area contributed by atoms with Gasteiger partial charge in [0.05, 0.1) is 24.9 Å². The molecule has 3 heterocycles. The van der Waals surface area contributed by atoms with Crippen LogP contribution in [0.4, 0.5) is 0 Å². The van der Waals surface area contributed by atoms with Crippen LogP contribution in [0.25, 0.3) is 22.2 Å². The van der Waals surface area contributed by atoms with Crippen molar-refractivity contribution in [1.82, 2.24) is 25.5 Å². The number of nitrogens with zero attached hydrogens (tertiary/aromatic N) is 3. The molecular weight excluding hydrogens is 410 g/mol. The number of hydrogen-bond acceptors (Lipinski definition) is 7. The van der Waals surface area contributed by atoms with E-state index in [1.54, 1.807) is 37.4 Å². The predicted octanol–water partition coefficient (Wildman–Crippen LogP) is 2.12. The van der Waals surface area contributed by atoms with E-state index in [1.807, 2.05) is 24.3 Å². The highest BCUT2D eigenvalue weighted by atomic mass is 16.5. The van der Waals surface area contributed by atoms with Gasteiger partial charge in [0.25, 0.3) is 5.91 Å². The minimum atomic E-state index is -0.562. The number of benzene rings is 2. The van der Waals surface area contributed by atoms with Crippen LogP contribution in [0.2, 0.25) is 0 Å². The fourth-order valence-electron chi connectivity index (χ4n) is 3.74. The lowest BCUT2D eigenvalue weighted by atomic mass is 10.0. The van der Waals surface area contributed by atoms with Gasteiger partial charge in [0.2, 0.25) is 5.88 Å². The Morgan fingerprint density at radius 2 is 2.06 bits per heavy atom. The van der Waals surface area contributed by atoms with Gasteiger partial charge in [-0.3, -0.25) is 4.79 Å². The predicted molar refractivity (Wildman–Crippen MR) is 117 cm³/mol. The van der Waals surface area contributed by atoms with E-state index in [0.717, 1.165) is 22.6 Å². The maximum atomic E-state index is 12.7. The van der Waals surface area contributed by atoms with E-state index >= 15 is 0 Å². The van der Waals surface area contributed by atoms with Crippen LogP contribution in [-0.4, -0.2) is 45.8 Å². The molecule has 4 aromatic rings. The van der Waals surface area contributed by atoms with Crippen LogP contribution in [0.1, 0.15) is 16.1 Å². The van der Waals surface area contributed by atoms with Gasteiger partial charge in [0.1, 0.15) is 17.5 Å². The van der Waals surface area contributed by atoms with E-state index in [9.17, 15) is 9.59 Å². The van der Waals surface area contributed by atoms with E-state index in [2.05, 4.69) is 25.5 Å².